The molecule has 0 amide bonds. The molecule has 3 heterocycles. The molecule has 40 heavy (non-hydrogen) atoms. The van der Waals surface area contributed by atoms with Crippen LogP contribution in [0.3, 0.4) is 0 Å². The average molecular weight is 543 g/mol. The fraction of sp³-hybridized carbons (Fsp3) is 0.172. The molecule has 0 saturated carbocycles. The lowest BCUT2D eigenvalue weighted by Crippen LogP contribution is -2.38. The largest absolute Gasteiger partial charge is 0.459 e. The molecule has 1 N–H and O–H groups in total. The maximum atomic E-state index is 13.9. The quantitative estimate of drug-likeness (QED) is 0.330. The molecule has 2 aromatic heterocycles. The number of nitrogens with zero attached hydrogens (tertiary/aromatic N) is 5. The average Bonchev–Trinajstić information content (AvgIpc) is 3.40. The van der Waals surface area contributed by atoms with E-state index >= 15 is 0 Å². The van der Waals surface area contributed by atoms with Crippen LogP contribution in [0.1, 0.15) is 27.9 Å². The molecule has 0 atom stereocenters. The third-order valence-corrected chi connectivity index (χ3v) is 6.73. The van der Waals surface area contributed by atoms with Crippen LogP contribution in [0.25, 0.3) is 16.7 Å². The van der Waals surface area contributed by atoms with Crippen LogP contribution < -0.4 is 15.2 Å². The van der Waals surface area contributed by atoms with Crippen molar-refractivity contribution < 1.29 is 17.9 Å². The Balaban J connectivity index is 1.35. The molecule has 3 aromatic carbocycles. The van der Waals surface area contributed by atoms with Crippen molar-refractivity contribution >= 4 is 17.0 Å². The van der Waals surface area contributed by atoms with Crippen LogP contribution >= 0.6 is 0 Å². The fourth-order valence-corrected chi connectivity index (χ4v) is 4.74. The van der Waals surface area contributed by atoms with E-state index < -0.39 is 11.7 Å². The molecule has 5 aromatic rings. The van der Waals surface area contributed by atoms with Crippen molar-refractivity contribution in [1.82, 2.24) is 19.5 Å². The smallest absolute Gasteiger partial charge is 0.416 e. The highest BCUT2D eigenvalue weighted by atomic mass is 19.4. The highest BCUT2D eigenvalue weighted by molar-refractivity contribution is 5.78. The van der Waals surface area contributed by atoms with Gasteiger partial charge in [0.25, 0.3) is 5.56 Å². The van der Waals surface area contributed by atoms with Gasteiger partial charge in [0.1, 0.15) is 6.61 Å². The Kier molecular flexibility index (Phi) is 6.23. The zero-order valence-corrected chi connectivity index (χ0v) is 20.9. The van der Waals surface area contributed by atoms with Gasteiger partial charge < -0.3 is 14.6 Å². The lowest BCUT2D eigenvalue weighted by Gasteiger charge is -2.28. The Morgan fingerprint density at radius 1 is 1.02 bits per heavy atom. The second-order valence-electron chi connectivity index (χ2n) is 9.36. The van der Waals surface area contributed by atoms with Gasteiger partial charge in [0, 0.05) is 13.0 Å². The van der Waals surface area contributed by atoms with Gasteiger partial charge in [0.2, 0.25) is 5.95 Å². The van der Waals surface area contributed by atoms with Crippen molar-refractivity contribution in [2.24, 2.45) is 0 Å². The number of H-pyrrole nitrogens is 1. The molecule has 0 radical (unpaired) electrons. The molecule has 0 unspecified atom stereocenters. The van der Waals surface area contributed by atoms with Crippen LogP contribution in [0.15, 0.2) is 77.6 Å². The van der Waals surface area contributed by atoms with E-state index in [0.29, 0.717) is 46.9 Å². The number of para-hydroxylation sites is 1. The van der Waals surface area contributed by atoms with Crippen molar-refractivity contribution in [3.63, 3.8) is 0 Å². The molecule has 0 spiro atoms. The van der Waals surface area contributed by atoms with E-state index in [0.717, 1.165) is 17.7 Å². The van der Waals surface area contributed by atoms with Gasteiger partial charge >= 0.3 is 12.2 Å². The number of aromatic nitrogens is 4. The van der Waals surface area contributed by atoms with E-state index in [1.54, 1.807) is 42.5 Å². The highest BCUT2D eigenvalue weighted by Crippen LogP contribution is 2.32. The van der Waals surface area contributed by atoms with Gasteiger partial charge in [0.05, 0.1) is 51.7 Å². The maximum Gasteiger partial charge on any atom is 0.416 e. The number of fused-ring (bicyclic) bond motifs is 2. The Bertz CT molecular complexity index is 1820. The van der Waals surface area contributed by atoms with Gasteiger partial charge in [-0.3, -0.25) is 4.79 Å². The first-order valence-corrected chi connectivity index (χ1v) is 12.4. The van der Waals surface area contributed by atoms with E-state index in [9.17, 15) is 23.2 Å². The molecular formula is C29H21F3N6O2. The summed E-state index contributed by atoms with van der Waals surface area (Å²) in [4.78, 5) is 27.8. The zero-order chi connectivity index (χ0) is 27.9. The third kappa shape index (κ3) is 4.75. The number of halogens is 3. The Morgan fingerprint density at radius 2 is 1.85 bits per heavy atom. The van der Waals surface area contributed by atoms with Crippen molar-refractivity contribution in [3.8, 4) is 17.8 Å². The molecular weight excluding hydrogens is 521 g/mol. The predicted molar refractivity (Wildman–Crippen MR) is 141 cm³/mol. The summed E-state index contributed by atoms with van der Waals surface area (Å²) in [6.07, 6.45) is -4.05. The molecule has 0 saturated heterocycles. The summed E-state index contributed by atoms with van der Waals surface area (Å²) in [5.41, 5.74) is 2.46. The van der Waals surface area contributed by atoms with Gasteiger partial charge in [0.15, 0.2) is 0 Å². The minimum Gasteiger partial charge on any atom is -0.459 e. The first-order chi connectivity index (χ1) is 19.3. The van der Waals surface area contributed by atoms with E-state index in [4.69, 9.17) is 9.72 Å². The van der Waals surface area contributed by atoms with Crippen LogP contribution in [0, 0.1) is 11.3 Å². The van der Waals surface area contributed by atoms with E-state index in [1.165, 1.54) is 10.6 Å². The van der Waals surface area contributed by atoms with Gasteiger partial charge in [-0.05, 0) is 48.0 Å². The monoisotopic (exact) mass is 542 g/mol. The minimum atomic E-state index is -4.46. The molecule has 0 bridgehead atoms. The lowest BCUT2D eigenvalue weighted by atomic mass is 10.1. The first kappa shape index (κ1) is 25.2. The summed E-state index contributed by atoms with van der Waals surface area (Å²) >= 11 is 0. The molecule has 200 valence electrons. The summed E-state index contributed by atoms with van der Waals surface area (Å²) in [5, 5.41) is 9.19. The lowest BCUT2D eigenvalue weighted by molar-refractivity contribution is -0.137. The molecule has 6 rings (SSSR count). The van der Waals surface area contributed by atoms with Gasteiger partial charge in [-0.15, -0.1) is 0 Å². The fourth-order valence-electron chi connectivity index (χ4n) is 4.74. The van der Waals surface area contributed by atoms with Crippen molar-refractivity contribution in [3.05, 3.63) is 111 Å². The number of hydrogen-bond donors (Lipinski definition) is 1. The Labute approximate surface area is 225 Å². The topological polar surface area (TPSA) is 99.8 Å². The van der Waals surface area contributed by atoms with Crippen LogP contribution in [0.2, 0.25) is 0 Å². The number of imidazole rings is 1. The van der Waals surface area contributed by atoms with Crippen molar-refractivity contribution in [1.29, 1.82) is 5.26 Å². The Hall–Kier alpha value is -5.11. The number of aromatic amines is 1. The van der Waals surface area contributed by atoms with E-state index in [1.807, 2.05) is 17.0 Å². The molecule has 1 aliphatic rings. The SMILES string of the molecule is N#Cc1cccc(COc2nc3c(c(=O)n2-c2ccccc2)CN(c2nc4ccc(C(F)(F)F)cc4[nH]2)CC3)c1. The summed E-state index contributed by atoms with van der Waals surface area (Å²) in [6.45, 7) is 0.730. The van der Waals surface area contributed by atoms with Crippen molar-refractivity contribution in [2.45, 2.75) is 25.7 Å². The summed E-state index contributed by atoms with van der Waals surface area (Å²) < 4.78 is 47.0. The van der Waals surface area contributed by atoms with Crippen LogP contribution in [-0.4, -0.2) is 26.1 Å². The second-order valence-corrected chi connectivity index (χ2v) is 9.36. The number of ether oxygens (including phenoxy) is 1. The number of hydrogen-bond acceptors (Lipinski definition) is 6. The zero-order valence-electron chi connectivity index (χ0n) is 20.9. The van der Waals surface area contributed by atoms with Crippen LogP contribution in [-0.2, 0) is 25.7 Å². The predicted octanol–water partition coefficient (Wildman–Crippen LogP) is 5.14. The summed E-state index contributed by atoms with van der Waals surface area (Å²) in [7, 11) is 0. The van der Waals surface area contributed by atoms with Crippen molar-refractivity contribution in [2.75, 3.05) is 11.4 Å². The minimum absolute atomic E-state index is 0.110. The number of alkyl halides is 3. The summed E-state index contributed by atoms with van der Waals surface area (Å²) in [6, 6.07) is 21.6. The number of rotatable bonds is 5. The number of nitriles is 1. The normalized spacial score (nSPS) is 13.2. The van der Waals surface area contributed by atoms with E-state index in [-0.39, 0.29) is 30.2 Å². The third-order valence-electron chi connectivity index (χ3n) is 6.73. The molecule has 0 fully saturated rings. The van der Waals surface area contributed by atoms with Gasteiger partial charge in [-0.25, -0.2) is 14.5 Å². The number of nitrogens with one attached hydrogen (secondary N) is 1. The van der Waals surface area contributed by atoms with Crippen LogP contribution in [0.5, 0.6) is 6.01 Å². The second kappa shape index (κ2) is 9.89. The standard InChI is InChI=1S/C29H21F3N6O2/c30-29(31,32)20-9-10-24-25(14-20)35-27(34-24)37-12-11-23-22(16-37)26(39)38(21-7-2-1-3-8-21)28(36-23)40-17-19-6-4-5-18(13-19)15-33/h1-10,13-14H,11-12,16-17H2,(H,34,35). The highest BCUT2D eigenvalue weighted by Gasteiger charge is 2.31. The summed E-state index contributed by atoms with van der Waals surface area (Å²) in [5.74, 6) is 0.378. The molecule has 8 nitrogen and oxygen atoms in total. The molecule has 0 aliphatic carbocycles. The molecule has 11 heteroatoms. The number of benzene rings is 3. The maximum absolute atomic E-state index is 13.9. The van der Waals surface area contributed by atoms with E-state index in [2.05, 4.69) is 16.0 Å². The first-order valence-electron chi connectivity index (χ1n) is 12.4. The Morgan fingerprint density at radius 3 is 2.62 bits per heavy atom. The van der Waals surface area contributed by atoms with Crippen LogP contribution in [0.4, 0.5) is 19.1 Å². The molecule has 1 aliphatic heterocycles. The number of anilines is 1. The van der Waals surface area contributed by atoms with Gasteiger partial charge in [-0.1, -0.05) is 30.3 Å². The van der Waals surface area contributed by atoms with Gasteiger partial charge in [-0.2, -0.15) is 18.4 Å².